The highest BCUT2D eigenvalue weighted by atomic mass is 35.5. The van der Waals surface area contributed by atoms with E-state index in [1.54, 1.807) is 0 Å². The Kier molecular flexibility index (Phi) is 3.39. The summed E-state index contributed by atoms with van der Waals surface area (Å²) in [5.74, 6) is -5.14. The predicted octanol–water partition coefficient (Wildman–Crippen LogP) is 2.88. The molecule has 0 aliphatic carbocycles. The number of aromatic nitrogens is 1. The second kappa shape index (κ2) is 4.14. The SMILES string of the molecule is OCc1nccc(Cl)c1C(F)(F)C(F)(F)F. The molecule has 16 heavy (non-hydrogen) atoms. The van der Waals surface area contributed by atoms with Crippen molar-refractivity contribution in [2.45, 2.75) is 18.7 Å². The number of hydrogen-bond acceptors (Lipinski definition) is 2. The molecule has 1 aromatic rings. The highest BCUT2D eigenvalue weighted by Gasteiger charge is 2.60. The van der Waals surface area contributed by atoms with Crippen LogP contribution in [0.15, 0.2) is 12.3 Å². The summed E-state index contributed by atoms with van der Waals surface area (Å²) in [6, 6.07) is 0.801. The second-order valence-electron chi connectivity index (χ2n) is 2.84. The van der Waals surface area contributed by atoms with Crippen LogP contribution < -0.4 is 0 Å². The van der Waals surface area contributed by atoms with Crippen molar-refractivity contribution in [1.82, 2.24) is 4.98 Å². The van der Waals surface area contributed by atoms with Crippen LogP contribution in [0.3, 0.4) is 0 Å². The van der Waals surface area contributed by atoms with E-state index in [0.29, 0.717) is 0 Å². The van der Waals surface area contributed by atoms with E-state index in [9.17, 15) is 22.0 Å². The zero-order valence-electron chi connectivity index (χ0n) is 7.52. The van der Waals surface area contributed by atoms with Gasteiger partial charge in [-0.05, 0) is 6.07 Å². The fraction of sp³-hybridized carbons (Fsp3) is 0.375. The van der Waals surface area contributed by atoms with Gasteiger partial charge in [0.2, 0.25) is 0 Å². The van der Waals surface area contributed by atoms with Gasteiger partial charge in [0, 0.05) is 6.20 Å². The largest absolute Gasteiger partial charge is 0.458 e. The van der Waals surface area contributed by atoms with Crippen LogP contribution in [0.5, 0.6) is 0 Å². The lowest BCUT2D eigenvalue weighted by molar-refractivity contribution is -0.289. The Bertz CT molecular complexity index is 393. The van der Waals surface area contributed by atoms with Gasteiger partial charge in [-0.25, -0.2) is 0 Å². The van der Waals surface area contributed by atoms with Crippen molar-refractivity contribution >= 4 is 11.6 Å². The summed E-state index contributed by atoms with van der Waals surface area (Å²) in [5, 5.41) is 7.86. The summed E-state index contributed by atoms with van der Waals surface area (Å²) in [4.78, 5) is 3.22. The van der Waals surface area contributed by atoms with E-state index in [1.807, 2.05) is 0 Å². The molecule has 1 aromatic heterocycles. The molecule has 1 heterocycles. The first-order chi connectivity index (χ1) is 7.21. The summed E-state index contributed by atoms with van der Waals surface area (Å²) in [6.07, 6.45) is -4.85. The highest BCUT2D eigenvalue weighted by molar-refractivity contribution is 6.31. The van der Waals surface area contributed by atoms with E-state index in [1.165, 1.54) is 0 Å². The Morgan fingerprint density at radius 1 is 1.25 bits per heavy atom. The molecular formula is C8H5ClF5NO. The number of rotatable bonds is 2. The van der Waals surface area contributed by atoms with Gasteiger partial charge in [-0.2, -0.15) is 22.0 Å². The molecule has 0 bridgehead atoms. The maximum absolute atomic E-state index is 13.0. The van der Waals surface area contributed by atoms with Crippen molar-refractivity contribution < 1.29 is 27.1 Å². The molecule has 0 atom stereocenters. The lowest BCUT2D eigenvalue weighted by atomic mass is 10.1. The maximum atomic E-state index is 13.0. The summed E-state index contributed by atoms with van der Waals surface area (Å²) in [7, 11) is 0. The van der Waals surface area contributed by atoms with Crippen molar-refractivity contribution in [3.8, 4) is 0 Å². The van der Waals surface area contributed by atoms with Crippen LogP contribution in [0.2, 0.25) is 5.02 Å². The van der Waals surface area contributed by atoms with Gasteiger partial charge in [0.05, 0.1) is 22.9 Å². The van der Waals surface area contributed by atoms with Crippen molar-refractivity contribution in [1.29, 1.82) is 0 Å². The Labute approximate surface area is 91.7 Å². The molecular weight excluding hydrogens is 257 g/mol. The van der Waals surface area contributed by atoms with E-state index in [-0.39, 0.29) is 0 Å². The van der Waals surface area contributed by atoms with Crippen LogP contribution in [-0.2, 0) is 12.5 Å². The molecule has 0 amide bonds. The van der Waals surface area contributed by atoms with Crippen LogP contribution in [0, 0.1) is 0 Å². The van der Waals surface area contributed by atoms with E-state index in [0.717, 1.165) is 12.3 Å². The van der Waals surface area contributed by atoms with Gasteiger partial charge in [0.1, 0.15) is 0 Å². The maximum Gasteiger partial charge on any atom is 0.458 e. The summed E-state index contributed by atoms with van der Waals surface area (Å²) in [6.45, 7) is -1.05. The van der Waals surface area contributed by atoms with E-state index in [2.05, 4.69) is 4.98 Å². The fourth-order valence-corrected chi connectivity index (χ4v) is 1.36. The third-order valence-electron chi connectivity index (χ3n) is 1.80. The van der Waals surface area contributed by atoms with Gasteiger partial charge >= 0.3 is 12.1 Å². The third kappa shape index (κ3) is 2.10. The van der Waals surface area contributed by atoms with Crippen LogP contribution in [0.4, 0.5) is 22.0 Å². The topological polar surface area (TPSA) is 33.1 Å². The minimum absolute atomic E-state index is 0.790. The van der Waals surface area contributed by atoms with Gasteiger partial charge in [0.15, 0.2) is 0 Å². The first-order valence-corrected chi connectivity index (χ1v) is 4.29. The number of aliphatic hydroxyl groups excluding tert-OH is 1. The van der Waals surface area contributed by atoms with Gasteiger partial charge < -0.3 is 5.11 Å². The first kappa shape index (κ1) is 13.1. The lowest BCUT2D eigenvalue weighted by Crippen LogP contribution is -2.35. The van der Waals surface area contributed by atoms with Gasteiger partial charge in [0.25, 0.3) is 0 Å². The summed E-state index contributed by atoms with van der Waals surface area (Å²) in [5.41, 5.74) is -2.30. The number of pyridine rings is 1. The smallest absolute Gasteiger partial charge is 0.390 e. The van der Waals surface area contributed by atoms with Crippen LogP contribution >= 0.6 is 11.6 Å². The monoisotopic (exact) mass is 261 g/mol. The first-order valence-electron chi connectivity index (χ1n) is 3.91. The summed E-state index contributed by atoms with van der Waals surface area (Å²) >= 11 is 5.27. The average Bonchev–Trinajstić information content (AvgIpc) is 2.15. The van der Waals surface area contributed by atoms with Crippen molar-refractivity contribution in [2.75, 3.05) is 0 Å². The molecule has 0 aliphatic rings. The molecule has 0 saturated heterocycles. The van der Waals surface area contributed by atoms with Crippen molar-refractivity contribution in [3.63, 3.8) is 0 Å². The van der Waals surface area contributed by atoms with Gasteiger partial charge in [-0.1, -0.05) is 11.6 Å². The quantitative estimate of drug-likeness (QED) is 0.831. The second-order valence-corrected chi connectivity index (χ2v) is 3.25. The van der Waals surface area contributed by atoms with E-state index >= 15 is 0 Å². The predicted molar refractivity (Wildman–Crippen MR) is 45.1 cm³/mol. The standard InChI is InChI=1S/C8H5ClF5NO/c9-4-1-2-15-5(3-16)6(4)7(10,11)8(12,13)14/h1-2,16H,3H2. The van der Waals surface area contributed by atoms with E-state index in [4.69, 9.17) is 16.7 Å². The minimum atomic E-state index is -5.79. The van der Waals surface area contributed by atoms with E-state index < -0.39 is 35.0 Å². The molecule has 0 saturated carbocycles. The van der Waals surface area contributed by atoms with Crippen molar-refractivity contribution in [2.24, 2.45) is 0 Å². The minimum Gasteiger partial charge on any atom is -0.390 e. The number of aliphatic hydroxyl groups is 1. The fourth-order valence-electron chi connectivity index (χ4n) is 1.07. The molecule has 0 spiro atoms. The average molecular weight is 262 g/mol. The normalized spacial score (nSPS) is 12.9. The zero-order chi connectivity index (χ0) is 12.6. The molecule has 0 unspecified atom stereocenters. The van der Waals surface area contributed by atoms with Crippen LogP contribution in [0.1, 0.15) is 11.3 Å². The van der Waals surface area contributed by atoms with Crippen LogP contribution in [0.25, 0.3) is 0 Å². The molecule has 90 valence electrons. The number of hydrogen-bond donors (Lipinski definition) is 1. The number of halogens is 6. The Morgan fingerprint density at radius 2 is 1.81 bits per heavy atom. The molecule has 0 aromatic carbocycles. The summed E-state index contributed by atoms with van der Waals surface area (Å²) < 4.78 is 62.3. The lowest BCUT2D eigenvalue weighted by Gasteiger charge is -2.22. The highest BCUT2D eigenvalue weighted by Crippen LogP contribution is 2.47. The van der Waals surface area contributed by atoms with Crippen LogP contribution in [-0.4, -0.2) is 16.3 Å². The molecule has 0 aliphatic heterocycles. The third-order valence-corrected chi connectivity index (χ3v) is 2.11. The van der Waals surface area contributed by atoms with Crippen molar-refractivity contribution in [3.05, 3.63) is 28.5 Å². The Balaban J connectivity index is 3.43. The molecule has 0 fully saturated rings. The number of nitrogens with zero attached hydrogens (tertiary/aromatic N) is 1. The van der Waals surface area contributed by atoms with Gasteiger partial charge in [-0.3, -0.25) is 4.98 Å². The molecule has 8 heteroatoms. The number of alkyl halides is 5. The molecule has 0 radical (unpaired) electrons. The zero-order valence-corrected chi connectivity index (χ0v) is 8.28. The molecule has 1 N–H and O–H groups in total. The Morgan fingerprint density at radius 3 is 2.25 bits per heavy atom. The molecule has 2 nitrogen and oxygen atoms in total. The van der Waals surface area contributed by atoms with Gasteiger partial charge in [-0.15, -0.1) is 0 Å². The Hall–Kier alpha value is -0.950. The molecule has 1 rings (SSSR count).